The van der Waals surface area contributed by atoms with E-state index in [1.807, 2.05) is 42.5 Å². The van der Waals surface area contributed by atoms with E-state index in [1.165, 1.54) is 6.07 Å². The molecule has 1 saturated heterocycles. The standard InChI is InChI=1S/C23H21FN6O/c24-18-8-4-5-9-19(18)25-23(31)17-12-14-29(15-13-17)21-11-10-20-26-27-22(30(20)28-21)16-6-2-1-3-7-16/h1-11,17H,12-15H2,(H,25,31). The van der Waals surface area contributed by atoms with Crippen LogP contribution in [0.5, 0.6) is 0 Å². The molecule has 1 fully saturated rings. The smallest absolute Gasteiger partial charge is 0.227 e. The molecular weight excluding hydrogens is 395 g/mol. The molecule has 156 valence electrons. The van der Waals surface area contributed by atoms with E-state index < -0.39 is 5.82 Å². The van der Waals surface area contributed by atoms with Crippen molar-refractivity contribution < 1.29 is 9.18 Å². The van der Waals surface area contributed by atoms with E-state index >= 15 is 0 Å². The number of nitrogens with zero attached hydrogens (tertiary/aromatic N) is 5. The van der Waals surface area contributed by atoms with Crippen LogP contribution in [0.15, 0.2) is 66.7 Å². The van der Waals surface area contributed by atoms with Gasteiger partial charge in [-0.3, -0.25) is 4.79 Å². The normalized spacial score (nSPS) is 14.7. The number of para-hydroxylation sites is 1. The quantitative estimate of drug-likeness (QED) is 0.548. The van der Waals surface area contributed by atoms with Gasteiger partial charge in [-0.2, -0.15) is 4.52 Å². The molecule has 8 heteroatoms. The number of aromatic nitrogens is 4. The van der Waals surface area contributed by atoms with Gasteiger partial charge in [-0.25, -0.2) is 4.39 Å². The van der Waals surface area contributed by atoms with Crippen LogP contribution >= 0.6 is 0 Å². The van der Waals surface area contributed by atoms with Crippen LogP contribution in [0.4, 0.5) is 15.9 Å². The summed E-state index contributed by atoms with van der Waals surface area (Å²) in [6.45, 7) is 1.38. The highest BCUT2D eigenvalue weighted by molar-refractivity contribution is 5.92. The fourth-order valence-electron chi connectivity index (χ4n) is 3.88. The lowest BCUT2D eigenvalue weighted by molar-refractivity contribution is -0.120. The molecule has 2 aromatic carbocycles. The Morgan fingerprint density at radius 2 is 1.68 bits per heavy atom. The average molecular weight is 416 g/mol. The number of hydrogen-bond donors (Lipinski definition) is 1. The minimum absolute atomic E-state index is 0.140. The van der Waals surface area contributed by atoms with E-state index in [4.69, 9.17) is 5.10 Å². The molecule has 0 atom stereocenters. The van der Waals surface area contributed by atoms with Gasteiger partial charge in [0.25, 0.3) is 0 Å². The van der Waals surface area contributed by atoms with Crippen LogP contribution in [-0.2, 0) is 4.79 Å². The maximum atomic E-state index is 13.8. The number of rotatable bonds is 4. The lowest BCUT2D eigenvalue weighted by atomic mass is 9.96. The first kappa shape index (κ1) is 19.2. The third-order valence-electron chi connectivity index (χ3n) is 5.60. The summed E-state index contributed by atoms with van der Waals surface area (Å²) >= 11 is 0. The van der Waals surface area contributed by atoms with Crippen LogP contribution in [0.1, 0.15) is 12.8 Å². The number of fused-ring (bicyclic) bond motifs is 1. The largest absolute Gasteiger partial charge is 0.355 e. The first-order valence-electron chi connectivity index (χ1n) is 10.3. The molecule has 7 nitrogen and oxygen atoms in total. The Morgan fingerprint density at radius 3 is 2.45 bits per heavy atom. The number of nitrogens with one attached hydrogen (secondary N) is 1. The Hall–Kier alpha value is -3.81. The minimum atomic E-state index is -0.422. The molecular formula is C23H21FN6O. The average Bonchev–Trinajstić information content (AvgIpc) is 3.24. The van der Waals surface area contributed by atoms with E-state index in [-0.39, 0.29) is 17.5 Å². The Bertz CT molecular complexity index is 1220. The molecule has 1 amide bonds. The zero-order valence-electron chi connectivity index (χ0n) is 16.8. The fraction of sp³-hybridized carbons (Fsp3) is 0.217. The number of halogens is 1. The predicted octanol–water partition coefficient (Wildman–Crippen LogP) is 3.79. The number of carbonyl (C=O) groups excluding carboxylic acids is 1. The number of piperidine rings is 1. The third kappa shape index (κ3) is 3.84. The summed E-state index contributed by atoms with van der Waals surface area (Å²) in [7, 11) is 0. The summed E-state index contributed by atoms with van der Waals surface area (Å²) in [6.07, 6.45) is 1.35. The monoisotopic (exact) mass is 416 g/mol. The molecule has 5 rings (SSSR count). The van der Waals surface area contributed by atoms with Gasteiger partial charge in [-0.05, 0) is 37.1 Å². The van der Waals surface area contributed by atoms with Crippen LogP contribution in [-0.4, -0.2) is 38.8 Å². The number of carbonyl (C=O) groups is 1. The Morgan fingerprint density at radius 1 is 0.935 bits per heavy atom. The van der Waals surface area contributed by atoms with Crippen LogP contribution in [0.25, 0.3) is 17.0 Å². The van der Waals surface area contributed by atoms with Crippen molar-refractivity contribution in [3.8, 4) is 11.4 Å². The Balaban J connectivity index is 1.29. The van der Waals surface area contributed by atoms with Crippen LogP contribution in [0.2, 0.25) is 0 Å². The maximum Gasteiger partial charge on any atom is 0.227 e. The lowest BCUT2D eigenvalue weighted by Gasteiger charge is -2.32. The molecule has 1 N–H and O–H groups in total. The minimum Gasteiger partial charge on any atom is -0.355 e. The Kier molecular flexibility index (Phi) is 5.03. The van der Waals surface area contributed by atoms with Gasteiger partial charge in [0.2, 0.25) is 5.91 Å². The van der Waals surface area contributed by atoms with Gasteiger partial charge >= 0.3 is 0 Å². The topological polar surface area (TPSA) is 75.4 Å². The van der Waals surface area contributed by atoms with Crippen molar-refractivity contribution in [1.29, 1.82) is 0 Å². The lowest BCUT2D eigenvalue weighted by Crippen LogP contribution is -2.38. The molecule has 0 spiro atoms. The van der Waals surface area contributed by atoms with Gasteiger partial charge in [0.05, 0.1) is 5.69 Å². The first-order valence-corrected chi connectivity index (χ1v) is 10.3. The van der Waals surface area contributed by atoms with Crippen LogP contribution < -0.4 is 10.2 Å². The van der Waals surface area contributed by atoms with E-state index in [0.717, 1.165) is 11.4 Å². The second-order valence-electron chi connectivity index (χ2n) is 7.58. The number of hydrogen-bond acceptors (Lipinski definition) is 5. The van der Waals surface area contributed by atoms with Crippen molar-refractivity contribution in [2.75, 3.05) is 23.3 Å². The zero-order valence-corrected chi connectivity index (χ0v) is 16.8. The molecule has 31 heavy (non-hydrogen) atoms. The zero-order chi connectivity index (χ0) is 21.2. The predicted molar refractivity (Wildman–Crippen MR) is 116 cm³/mol. The van der Waals surface area contributed by atoms with Gasteiger partial charge < -0.3 is 10.2 Å². The van der Waals surface area contributed by atoms with Crippen molar-refractivity contribution in [2.45, 2.75) is 12.8 Å². The van der Waals surface area contributed by atoms with Crippen molar-refractivity contribution in [3.63, 3.8) is 0 Å². The maximum absolute atomic E-state index is 13.8. The van der Waals surface area contributed by atoms with Crippen molar-refractivity contribution >= 4 is 23.1 Å². The Labute approximate surface area is 178 Å². The van der Waals surface area contributed by atoms with E-state index in [0.29, 0.717) is 37.4 Å². The summed E-state index contributed by atoms with van der Waals surface area (Å²) < 4.78 is 15.6. The van der Waals surface area contributed by atoms with Crippen LogP contribution in [0.3, 0.4) is 0 Å². The summed E-state index contributed by atoms with van der Waals surface area (Å²) in [5.74, 6) is 0.788. The number of amides is 1. The van der Waals surface area contributed by atoms with Crippen molar-refractivity contribution in [3.05, 3.63) is 72.5 Å². The second kappa shape index (κ2) is 8.14. The molecule has 3 heterocycles. The van der Waals surface area contributed by atoms with E-state index in [9.17, 15) is 9.18 Å². The van der Waals surface area contributed by atoms with Gasteiger partial charge in [0.1, 0.15) is 11.6 Å². The SMILES string of the molecule is O=C(Nc1ccccc1F)C1CCN(c2ccc3nnc(-c4ccccc4)n3n2)CC1. The number of anilines is 2. The molecule has 1 aliphatic rings. The highest BCUT2D eigenvalue weighted by atomic mass is 19.1. The van der Waals surface area contributed by atoms with Gasteiger partial charge in [0.15, 0.2) is 11.5 Å². The first-order chi connectivity index (χ1) is 15.2. The molecule has 2 aromatic heterocycles. The molecule has 0 radical (unpaired) electrons. The molecule has 0 bridgehead atoms. The summed E-state index contributed by atoms with van der Waals surface area (Å²) in [4.78, 5) is 14.7. The van der Waals surface area contributed by atoms with Gasteiger partial charge in [-0.15, -0.1) is 15.3 Å². The van der Waals surface area contributed by atoms with Crippen LogP contribution in [0, 0.1) is 11.7 Å². The summed E-state index contributed by atoms with van der Waals surface area (Å²) in [5, 5.41) is 16.0. The molecule has 1 aliphatic heterocycles. The third-order valence-corrected chi connectivity index (χ3v) is 5.60. The highest BCUT2D eigenvalue weighted by Gasteiger charge is 2.26. The van der Waals surface area contributed by atoms with E-state index in [2.05, 4.69) is 20.4 Å². The molecule has 4 aromatic rings. The van der Waals surface area contributed by atoms with Crippen molar-refractivity contribution in [1.82, 2.24) is 19.8 Å². The second-order valence-corrected chi connectivity index (χ2v) is 7.58. The molecule has 0 saturated carbocycles. The van der Waals surface area contributed by atoms with Gasteiger partial charge in [-0.1, -0.05) is 42.5 Å². The number of benzene rings is 2. The summed E-state index contributed by atoms with van der Waals surface area (Å²) in [6, 6.07) is 19.9. The molecule has 0 aliphatic carbocycles. The van der Waals surface area contributed by atoms with Gasteiger partial charge in [0, 0.05) is 24.6 Å². The fourth-order valence-corrected chi connectivity index (χ4v) is 3.88. The van der Waals surface area contributed by atoms with Crippen molar-refractivity contribution in [2.24, 2.45) is 5.92 Å². The molecule has 0 unspecified atom stereocenters. The van der Waals surface area contributed by atoms with E-state index in [1.54, 1.807) is 22.7 Å². The highest BCUT2D eigenvalue weighted by Crippen LogP contribution is 2.25. The summed E-state index contributed by atoms with van der Waals surface area (Å²) in [5.41, 5.74) is 1.85.